The Morgan fingerprint density at radius 2 is 0.688 bits per heavy atom. The van der Waals surface area contributed by atoms with E-state index in [-0.39, 0.29) is 51.4 Å². The van der Waals surface area contributed by atoms with Crippen LogP contribution in [0.15, 0.2) is 0 Å². The Bertz CT molecular complexity index is 454. The second kappa shape index (κ2) is 27.1. The van der Waals surface area contributed by atoms with E-state index < -0.39 is 15.4 Å². The van der Waals surface area contributed by atoms with E-state index in [9.17, 15) is 13.0 Å². The van der Waals surface area contributed by atoms with Crippen molar-refractivity contribution in [3.05, 3.63) is 0 Å². The fraction of sp³-hybridized carbons (Fsp3) is 1.00. The second-order valence-electron chi connectivity index (χ2n) is 9.76. The van der Waals surface area contributed by atoms with Crippen LogP contribution in [0.1, 0.15) is 168 Å². The minimum Gasteiger partial charge on any atom is -0.748 e. The molecule has 0 radical (unpaired) electrons. The maximum atomic E-state index is 11.5. The van der Waals surface area contributed by atoms with Crippen LogP contribution in [0.5, 0.6) is 0 Å². The Balaban J connectivity index is 0. The standard InChI is InChI=1S/C27H56O3S.K/c1-3-5-7-9-11-12-13-14-15-16-17-18-19-20-22-24-26-27(31(28,29)30)25-23-21-10-8-6-4-2;/h27H,3-26H2,1-2H3,(H,28,29,30);/q;+1/p-1. The Labute approximate surface area is 245 Å². The summed E-state index contributed by atoms with van der Waals surface area (Å²) in [5.41, 5.74) is 0. The molecule has 3 nitrogen and oxygen atoms in total. The molecule has 1 unspecified atom stereocenters. The zero-order chi connectivity index (χ0) is 23.0. The summed E-state index contributed by atoms with van der Waals surface area (Å²) in [6.45, 7) is 4.47. The molecular formula is C27H55KO3S. The van der Waals surface area contributed by atoms with Gasteiger partial charge >= 0.3 is 51.4 Å². The van der Waals surface area contributed by atoms with Crippen molar-refractivity contribution in [3.63, 3.8) is 0 Å². The van der Waals surface area contributed by atoms with E-state index in [0.29, 0.717) is 12.8 Å². The van der Waals surface area contributed by atoms with Gasteiger partial charge in [0.1, 0.15) is 0 Å². The summed E-state index contributed by atoms with van der Waals surface area (Å²) in [5.74, 6) is 0. The van der Waals surface area contributed by atoms with Crippen molar-refractivity contribution in [3.8, 4) is 0 Å². The zero-order valence-corrected chi connectivity index (χ0v) is 26.1. The van der Waals surface area contributed by atoms with Crippen molar-refractivity contribution in [2.45, 2.75) is 173 Å². The molecule has 0 aromatic heterocycles. The molecule has 32 heavy (non-hydrogen) atoms. The number of hydrogen-bond acceptors (Lipinski definition) is 3. The molecule has 0 rings (SSSR count). The van der Waals surface area contributed by atoms with Gasteiger partial charge in [-0.25, -0.2) is 8.42 Å². The summed E-state index contributed by atoms with van der Waals surface area (Å²) in [6, 6.07) is 0. The first-order valence-corrected chi connectivity index (χ1v) is 15.4. The molecule has 0 aliphatic carbocycles. The van der Waals surface area contributed by atoms with Gasteiger partial charge in [0.05, 0.1) is 10.1 Å². The number of rotatable bonds is 25. The van der Waals surface area contributed by atoms with Gasteiger partial charge in [0.15, 0.2) is 0 Å². The first-order valence-electron chi connectivity index (χ1n) is 14.0. The molecule has 0 bridgehead atoms. The minimum absolute atomic E-state index is 0. The maximum Gasteiger partial charge on any atom is 1.00 e. The van der Waals surface area contributed by atoms with Gasteiger partial charge in [-0.1, -0.05) is 155 Å². The molecule has 0 heterocycles. The molecule has 0 amide bonds. The summed E-state index contributed by atoms with van der Waals surface area (Å²) in [6.07, 6.45) is 29.0. The third kappa shape index (κ3) is 26.2. The van der Waals surface area contributed by atoms with Crippen LogP contribution in [0.3, 0.4) is 0 Å². The third-order valence-electron chi connectivity index (χ3n) is 6.67. The van der Waals surface area contributed by atoms with Gasteiger partial charge in [-0.3, -0.25) is 0 Å². The SMILES string of the molecule is CCCCCCCCCCCCCCCCCCC(CCCCCCCC)S(=O)(=O)[O-].[K+]. The van der Waals surface area contributed by atoms with Crippen LogP contribution < -0.4 is 51.4 Å². The van der Waals surface area contributed by atoms with Crippen molar-refractivity contribution in [1.29, 1.82) is 0 Å². The van der Waals surface area contributed by atoms with Crippen LogP contribution >= 0.6 is 0 Å². The van der Waals surface area contributed by atoms with Gasteiger partial charge in [0.2, 0.25) is 0 Å². The van der Waals surface area contributed by atoms with Crippen LogP contribution in [0.4, 0.5) is 0 Å². The van der Waals surface area contributed by atoms with Crippen molar-refractivity contribution in [2.24, 2.45) is 0 Å². The average molecular weight is 499 g/mol. The largest absolute Gasteiger partial charge is 1.00 e. The van der Waals surface area contributed by atoms with Gasteiger partial charge < -0.3 is 4.55 Å². The third-order valence-corrected chi connectivity index (χ3v) is 7.96. The van der Waals surface area contributed by atoms with E-state index in [1.165, 1.54) is 116 Å². The smallest absolute Gasteiger partial charge is 0.748 e. The average Bonchev–Trinajstić information content (AvgIpc) is 2.73. The summed E-state index contributed by atoms with van der Waals surface area (Å²) in [4.78, 5) is 0. The Hall–Kier alpha value is 1.55. The van der Waals surface area contributed by atoms with E-state index >= 15 is 0 Å². The van der Waals surface area contributed by atoms with Crippen LogP contribution in [-0.2, 0) is 10.1 Å². The second-order valence-corrected chi connectivity index (χ2v) is 11.4. The van der Waals surface area contributed by atoms with Crippen LogP contribution in [0, 0.1) is 0 Å². The first kappa shape index (κ1) is 35.7. The van der Waals surface area contributed by atoms with Gasteiger partial charge in [-0.15, -0.1) is 0 Å². The van der Waals surface area contributed by atoms with E-state index in [2.05, 4.69) is 13.8 Å². The van der Waals surface area contributed by atoms with Crippen molar-refractivity contribution >= 4 is 10.1 Å². The van der Waals surface area contributed by atoms with E-state index in [1.807, 2.05) is 0 Å². The zero-order valence-electron chi connectivity index (χ0n) is 22.2. The molecule has 0 saturated heterocycles. The normalized spacial score (nSPS) is 12.6. The Kier molecular flexibility index (Phi) is 30.3. The molecule has 0 fully saturated rings. The predicted octanol–water partition coefficient (Wildman–Crippen LogP) is 6.31. The molecule has 188 valence electrons. The molecule has 0 aliphatic rings. The van der Waals surface area contributed by atoms with Crippen LogP contribution in [-0.4, -0.2) is 18.2 Å². The van der Waals surface area contributed by atoms with E-state index in [4.69, 9.17) is 0 Å². The fourth-order valence-electron chi connectivity index (χ4n) is 4.51. The molecule has 0 aromatic rings. The first-order chi connectivity index (χ1) is 15.0. The molecule has 0 aromatic carbocycles. The summed E-state index contributed by atoms with van der Waals surface area (Å²) >= 11 is 0. The topological polar surface area (TPSA) is 57.2 Å². The van der Waals surface area contributed by atoms with Crippen molar-refractivity contribution in [1.82, 2.24) is 0 Å². The minimum atomic E-state index is -4.13. The molecule has 0 aliphatic heterocycles. The number of hydrogen-bond donors (Lipinski definition) is 0. The molecule has 5 heteroatoms. The summed E-state index contributed by atoms with van der Waals surface area (Å²) < 4.78 is 34.6. The Morgan fingerprint density at radius 1 is 0.469 bits per heavy atom. The van der Waals surface area contributed by atoms with Gasteiger partial charge in [0.25, 0.3) is 0 Å². The van der Waals surface area contributed by atoms with E-state index in [1.54, 1.807) is 0 Å². The molecular weight excluding hydrogens is 443 g/mol. The van der Waals surface area contributed by atoms with Gasteiger partial charge in [0, 0.05) is 5.25 Å². The predicted molar refractivity (Wildman–Crippen MR) is 136 cm³/mol. The fourth-order valence-corrected chi connectivity index (χ4v) is 5.42. The van der Waals surface area contributed by atoms with Crippen molar-refractivity contribution < 1.29 is 64.4 Å². The van der Waals surface area contributed by atoms with Gasteiger partial charge in [-0.05, 0) is 12.8 Å². The number of unbranched alkanes of at least 4 members (excludes halogenated alkanes) is 20. The van der Waals surface area contributed by atoms with Crippen LogP contribution in [0.2, 0.25) is 0 Å². The molecule has 0 saturated carbocycles. The van der Waals surface area contributed by atoms with Crippen molar-refractivity contribution in [2.75, 3.05) is 0 Å². The summed E-state index contributed by atoms with van der Waals surface area (Å²) in [7, 11) is -4.13. The van der Waals surface area contributed by atoms with E-state index in [0.717, 1.165) is 25.7 Å². The van der Waals surface area contributed by atoms with Crippen LogP contribution in [0.25, 0.3) is 0 Å². The monoisotopic (exact) mass is 498 g/mol. The summed E-state index contributed by atoms with van der Waals surface area (Å²) in [5, 5.41) is -0.648. The molecule has 0 N–H and O–H groups in total. The maximum absolute atomic E-state index is 11.5. The molecule has 0 spiro atoms. The van der Waals surface area contributed by atoms with Gasteiger partial charge in [-0.2, -0.15) is 0 Å². The Morgan fingerprint density at radius 3 is 0.906 bits per heavy atom. The quantitative estimate of drug-likeness (QED) is 0.0842. The molecule has 1 atom stereocenters.